The molecule has 1 atom stereocenters. The Morgan fingerprint density at radius 2 is 2.19 bits per heavy atom. The lowest BCUT2D eigenvalue weighted by Crippen LogP contribution is -2.18. The van der Waals surface area contributed by atoms with Crippen LogP contribution in [0.25, 0.3) is 11.3 Å². The van der Waals surface area contributed by atoms with Crippen molar-refractivity contribution in [3.63, 3.8) is 0 Å². The van der Waals surface area contributed by atoms with Crippen molar-refractivity contribution in [3.05, 3.63) is 42.1 Å². The SMILES string of the molecule is CC1=NOC(Cn2nc(C(=O)O)cc2-c2ccccc2)C1. The number of oxime groups is 1. The first-order valence-electron chi connectivity index (χ1n) is 6.69. The van der Waals surface area contributed by atoms with Crippen LogP contribution in [0.3, 0.4) is 0 Å². The number of carbonyl (C=O) groups is 1. The highest BCUT2D eigenvalue weighted by atomic mass is 16.6. The fourth-order valence-corrected chi connectivity index (χ4v) is 2.36. The third-order valence-corrected chi connectivity index (χ3v) is 3.33. The van der Waals surface area contributed by atoms with Gasteiger partial charge in [-0.25, -0.2) is 4.79 Å². The fourth-order valence-electron chi connectivity index (χ4n) is 2.36. The van der Waals surface area contributed by atoms with Gasteiger partial charge in [0.1, 0.15) is 0 Å². The first-order valence-corrected chi connectivity index (χ1v) is 6.69. The first kappa shape index (κ1) is 13.4. The summed E-state index contributed by atoms with van der Waals surface area (Å²) in [5.74, 6) is -1.04. The molecule has 0 aliphatic carbocycles. The largest absolute Gasteiger partial charge is 0.476 e. The quantitative estimate of drug-likeness (QED) is 0.935. The second-order valence-corrected chi connectivity index (χ2v) is 5.03. The lowest BCUT2D eigenvalue weighted by atomic mass is 10.1. The Kier molecular flexibility index (Phi) is 3.43. The Balaban J connectivity index is 1.93. The molecule has 0 spiro atoms. The first-order chi connectivity index (χ1) is 10.1. The highest BCUT2D eigenvalue weighted by Gasteiger charge is 2.22. The second kappa shape index (κ2) is 5.40. The van der Waals surface area contributed by atoms with E-state index in [1.807, 2.05) is 37.3 Å². The van der Waals surface area contributed by atoms with E-state index in [9.17, 15) is 4.79 Å². The van der Waals surface area contributed by atoms with Crippen LogP contribution in [0, 0.1) is 0 Å². The van der Waals surface area contributed by atoms with E-state index in [-0.39, 0.29) is 11.8 Å². The van der Waals surface area contributed by atoms with Crippen molar-refractivity contribution in [2.24, 2.45) is 5.16 Å². The summed E-state index contributed by atoms with van der Waals surface area (Å²) >= 11 is 0. The topological polar surface area (TPSA) is 76.7 Å². The van der Waals surface area contributed by atoms with Gasteiger partial charge in [0.15, 0.2) is 11.8 Å². The van der Waals surface area contributed by atoms with E-state index in [1.165, 1.54) is 0 Å². The van der Waals surface area contributed by atoms with Gasteiger partial charge in [-0.15, -0.1) is 0 Å². The fraction of sp³-hybridized carbons (Fsp3) is 0.267. The van der Waals surface area contributed by atoms with Gasteiger partial charge in [-0.3, -0.25) is 4.68 Å². The summed E-state index contributed by atoms with van der Waals surface area (Å²) in [6, 6.07) is 11.2. The van der Waals surface area contributed by atoms with Crippen LogP contribution in [0.4, 0.5) is 0 Å². The predicted octanol–water partition coefficient (Wildman–Crippen LogP) is 2.41. The number of nitrogens with zero attached hydrogens (tertiary/aromatic N) is 3. The molecule has 1 N–H and O–H groups in total. The normalized spacial score (nSPS) is 17.4. The monoisotopic (exact) mass is 285 g/mol. The van der Waals surface area contributed by atoms with Crippen molar-refractivity contribution in [3.8, 4) is 11.3 Å². The van der Waals surface area contributed by atoms with Gasteiger partial charge in [0.05, 0.1) is 18.0 Å². The minimum atomic E-state index is -1.04. The van der Waals surface area contributed by atoms with Crippen LogP contribution in [0.2, 0.25) is 0 Å². The zero-order valence-corrected chi connectivity index (χ0v) is 11.6. The van der Waals surface area contributed by atoms with Gasteiger partial charge in [-0.05, 0) is 18.6 Å². The number of benzene rings is 1. The molecule has 0 saturated heterocycles. The molecule has 21 heavy (non-hydrogen) atoms. The predicted molar refractivity (Wildman–Crippen MR) is 77.2 cm³/mol. The third-order valence-electron chi connectivity index (χ3n) is 3.33. The molecule has 1 aliphatic heterocycles. The van der Waals surface area contributed by atoms with E-state index < -0.39 is 5.97 Å². The molecule has 6 heteroatoms. The van der Waals surface area contributed by atoms with Crippen LogP contribution in [0.5, 0.6) is 0 Å². The van der Waals surface area contributed by atoms with Gasteiger partial charge in [-0.2, -0.15) is 5.10 Å². The molecule has 1 aliphatic rings. The van der Waals surface area contributed by atoms with E-state index >= 15 is 0 Å². The third kappa shape index (κ3) is 2.79. The highest BCUT2D eigenvalue weighted by molar-refractivity contribution is 5.87. The van der Waals surface area contributed by atoms with E-state index in [2.05, 4.69) is 10.3 Å². The minimum Gasteiger partial charge on any atom is -0.476 e. The summed E-state index contributed by atoms with van der Waals surface area (Å²) in [6.07, 6.45) is 0.630. The van der Waals surface area contributed by atoms with Crippen molar-refractivity contribution >= 4 is 11.7 Å². The van der Waals surface area contributed by atoms with Crippen LogP contribution < -0.4 is 0 Å². The molecule has 0 radical (unpaired) electrons. The maximum atomic E-state index is 11.2. The van der Waals surface area contributed by atoms with Crippen molar-refractivity contribution in [2.75, 3.05) is 0 Å². The minimum absolute atomic E-state index is 0.0319. The van der Waals surface area contributed by atoms with Gasteiger partial charge >= 0.3 is 5.97 Å². The van der Waals surface area contributed by atoms with E-state index in [4.69, 9.17) is 9.94 Å². The summed E-state index contributed by atoms with van der Waals surface area (Å²) in [7, 11) is 0. The number of hydrogen-bond acceptors (Lipinski definition) is 4. The van der Waals surface area contributed by atoms with Gasteiger partial charge < -0.3 is 9.94 Å². The van der Waals surface area contributed by atoms with Crippen molar-refractivity contribution < 1.29 is 14.7 Å². The zero-order chi connectivity index (χ0) is 14.8. The Labute approximate surface area is 121 Å². The molecule has 6 nitrogen and oxygen atoms in total. The number of aromatic carboxylic acids is 1. The average molecular weight is 285 g/mol. The molecule has 1 aromatic carbocycles. The lowest BCUT2D eigenvalue weighted by molar-refractivity contribution is 0.0663. The van der Waals surface area contributed by atoms with E-state index in [0.717, 1.165) is 23.4 Å². The number of aromatic nitrogens is 2. The van der Waals surface area contributed by atoms with Crippen LogP contribution in [-0.2, 0) is 11.4 Å². The standard InChI is InChI=1S/C15H15N3O3/c1-10-7-12(21-17-10)9-18-14(8-13(16-18)15(19)20)11-5-3-2-4-6-11/h2-6,8,12H,7,9H2,1H3,(H,19,20). The zero-order valence-electron chi connectivity index (χ0n) is 11.6. The van der Waals surface area contributed by atoms with Gasteiger partial charge in [-0.1, -0.05) is 35.5 Å². The molecule has 2 heterocycles. The van der Waals surface area contributed by atoms with Crippen LogP contribution in [0.15, 0.2) is 41.6 Å². The maximum absolute atomic E-state index is 11.2. The van der Waals surface area contributed by atoms with Gasteiger partial charge in [0, 0.05) is 6.42 Å². The van der Waals surface area contributed by atoms with E-state index in [1.54, 1.807) is 10.7 Å². The second-order valence-electron chi connectivity index (χ2n) is 5.03. The molecular formula is C15H15N3O3. The summed E-state index contributed by atoms with van der Waals surface area (Å²) in [5, 5.41) is 17.2. The van der Waals surface area contributed by atoms with Crippen LogP contribution in [0.1, 0.15) is 23.8 Å². The number of rotatable bonds is 4. The lowest BCUT2D eigenvalue weighted by Gasteiger charge is -2.11. The van der Waals surface area contributed by atoms with Crippen molar-refractivity contribution in [1.29, 1.82) is 0 Å². The molecule has 2 aromatic rings. The Morgan fingerprint density at radius 3 is 2.81 bits per heavy atom. The number of hydrogen-bond donors (Lipinski definition) is 1. The van der Waals surface area contributed by atoms with Crippen molar-refractivity contribution in [2.45, 2.75) is 26.0 Å². The Hall–Kier alpha value is -2.63. The number of carboxylic acids is 1. The van der Waals surface area contributed by atoms with Gasteiger partial charge in [0.2, 0.25) is 0 Å². The summed E-state index contributed by atoms with van der Waals surface area (Å²) in [5.41, 5.74) is 2.66. The summed E-state index contributed by atoms with van der Waals surface area (Å²) < 4.78 is 1.68. The van der Waals surface area contributed by atoms with Crippen LogP contribution in [-0.4, -0.2) is 32.7 Å². The summed E-state index contributed by atoms with van der Waals surface area (Å²) in [6.45, 7) is 2.38. The smallest absolute Gasteiger partial charge is 0.356 e. The maximum Gasteiger partial charge on any atom is 0.356 e. The highest BCUT2D eigenvalue weighted by Crippen LogP contribution is 2.22. The summed E-state index contributed by atoms with van der Waals surface area (Å²) in [4.78, 5) is 16.5. The van der Waals surface area contributed by atoms with Gasteiger partial charge in [0.25, 0.3) is 0 Å². The molecule has 108 valence electrons. The van der Waals surface area contributed by atoms with Crippen LogP contribution >= 0.6 is 0 Å². The molecule has 1 unspecified atom stereocenters. The van der Waals surface area contributed by atoms with E-state index in [0.29, 0.717) is 6.54 Å². The molecule has 1 aromatic heterocycles. The van der Waals surface area contributed by atoms with Crippen molar-refractivity contribution in [1.82, 2.24) is 9.78 Å². The number of carboxylic acid groups (broad SMARTS) is 1. The molecular weight excluding hydrogens is 270 g/mol. The molecule has 0 amide bonds. The molecule has 0 bridgehead atoms. The Bertz CT molecular complexity index is 691. The Morgan fingerprint density at radius 1 is 1.43 bits per heavy atom. The molecule has 0 saturated carbocycles. The average Bonchev–Trinajstić information content (AvgIpc) is 3.07. The molecule has 3 rings (SSSR count). The molecule has 0 fully saturated rings.